The average Bonchev–Trinajstić information content (AvgIpc) is 3.41. The van der Waals surface area contributed by atoms with Gasteiger partial charge in [-0.3, -0.25) is 0 Å². The van der Waals surface area contributed by atoms with Crippen LogP contribution >= 0.6 is 0 Å². The smallest absolute Gasteiger partial charge is 0.229 e. The Hall–Kier alpha value is -3.73. The lowest BCUT2D eigenvalue weighted by Crippen LogP contribution is -2.10. The van der Waals surface area contributed by atoms with E-state index in [1.54, 1.807) is 22.9 Å². The summed E-state index contributed by atoms with van der Waals surface area (Å²) in [6.07, 6.45) is 6.72. The van der Waals surface area contributed by atoms with E-state index in [-0.39, 0.29) is 29.5 Å². The molecule has 0 spiro atoms. The lowest BCUT2D eigenvalue weighted by atomic mass is 10.1. The lowest BCUT2D eigenvalue weighted by Gasteiger charge is -2.16. The molecule has 1 aliphatic carbocycles. The van der Waals surface area contributed by atoms with Gasteiger partial charge >= 0.3 is 0 Å². The minimum Gasteiger partial charge on any atom is -0.481 e. The lowest BCUT2D eigenvalue weighted by molar-refractivity contribution is 0.398. The topological polar surface area (TPSA) is 113 Å². The van der Waals surface area contributed by atoms with Crippen LogP contribution in [0, 0.1) is 17.5 Å². The highest BCUT2D eigenvalue weighted by molar-refractivity contribution is 5.78. The molecule has 3 aromatic heterocycles. The summed E-state index contributed by atoms with van der Waals surface area (Å²) < 4.78 is 49.5. The first-order valence-electron chi connectivity index (χ1n) is 10.2. The van der Waals surface area contributed by atoms with E-state index >= 15 is 0 Å². The van der Waals surface area contributed by atoms with Gasteiger partial charge in [0.05, 0.1) is 30.8 Å². The predicted octanol–water partition coefficient (Wildman–Crippen LogP) is 5.33. The molecule has 5 rings (SSSR count). The van der Waals surface area contributed by atoms with E-state index in [1.165, 1.54) is 13.3 Å². The zero-order valence-electron chi connectivity index (χ0n) is 17.9. The Morgan fingerprint density at radius 1 is 1.00 bits per heavy atom. The van der Waals surface area contributed by atoms with Gasteiger partial charge in [-0.15, -0.1) is 0 Å². The Morgan fingerprint density at radius 3 is 2.36 bits per heavy atom. The number of imidazole rings is 1. The van der Waals surface area contributed by atoms with Gasteiger partial charge in [-0.25, -0.2) is 28.1 Å². The Labute approximate surface area is 187 Å². The molecule has 1 aromatic carbocycles. The van der Waals surface area contributed by atoms with Gasteiger partial charge in [0.1, 0.15) is 28.8 Å². The van der Waals surface area contributed by atoms with Crippen molar-refractivity contribution in [3.63, 3.8) is 0 Å². The minimum atomic E-state index is -1.01. The number of pyridine rings is 1. The Balaban J connectivity index is 0.00000259. The number of anilines is 2. The first-order valence-corrected chi connectivity index (χ1v) is 10.2. The summed E-state index contributed by atoms with van der Waals surface area (Å²) in [6, 6.07) is 4.76. The molecule has 1 saturated carbocycles. The summed E-state index contributed by atoms with van der Waals surface area (Å²) in [6.45, 7) is 0. The summed E-state index contributed by atoms with van der Waals surface area (Å²) in [4.78, 5) is 17.4. The third-order valence-corrected chi connectivity index (χ3v) is 5.55. The van der Waals surface area contributed by atoms with Gasteiger partial charge in [-0.1, -0.05) is 12.8 Å². The minimum absolute atomic E-state index is 0. The van der Waals surface area contributed by atoms with E-state index in [2.05, 4.69) is 25.3 Å². The highest BCUT2D eigenvalue weighted by Crippen LogP contribution is 2.38. The predicted molar refractivity (Wildman–Crippen MR) is 117 cm³/mol. The van der Waals surface area contributed by atoms with Gasteiger partial charge in [-0.05, 0) is 18.9 Å². The number of nitrogens with zero attached hydrogens (tertiary/aromatic N) is 5. The van der Waals surface area contributed by atoms with Crippen molar-refractivity contribution in [2.75, 3.05) is 12.4 Å². The zero-order valence-corrected chi connectivity index (χ0v) is 17.9. The monoisotopic (exact) mass is 457 g/mol. The summed E-state index contributed by atoms with van der Waals surface area (Å²) in [7, 11) is 1.53. The fourth-order valence-corrected chi connectivity index (χ4v) is 4.10. The van der Waals surface area contributed by atoms with Gasteiger partial charge < -0.3 is 20.8 Å². The van der Waals surface area contributed by atoms with Crippen LogP contribution in [0.3, 0.4) is 0 Å². The molecule has 4 aromatic rings. The fraction of sp³-hybridized carbons (Fsp3) is 0.273. The molecule has 0 aliphatic heterocycles. The van der Waals surface area contributed by atoms with Crippen LogP contribution in [0.5, 0.6) is 5.88 Å². The number of nitrogens with one attached hydrogen (secondary N) is 1. The van der Waals surface area contributed by atoms with E-state index in [4.69, 9.17) is 4.74 Å². The molecule has 0 bridgehead atoms. The normalized spacial score (nSPS) is 13.8. The van der Waals surface area contributed by atoms with Crippen molar-refractivity contribution in [1.82, 2.24) is 30.7 Å². The number of aromatic nitrogens is 5. The maximum Gasteiger partial charge on any atom is 0.229 e. The van der Waals surface area contributed by atoms with E-state index in [0.29, 0.717) is 34.9 Å². The number of rotatable bonds is 5. The first-order chi connectivity index (χ1) is 15.5. The quantitative estimate of drug-likeness (QED) is 0.416. The molecular formula is C22H22F3N7O. The summed E-state index contributed by atoms with van der Waals surface area (Å²) in [5, 5.41) is 3.07. The molecule has 0 atom stereocenters. The molecule has 4 N–H and O–H groups in total. The van der Waals surface area contributed by atoms with E-state index in [9.17, 15) is 13.2 Å². The Bertz CT molecular complexity index is 1260. The van der Waals surface area contributed by atoms with Crippen molar-refractivity contribution in [3.8, 4) is 17.3 Å². The number of methoxy groups -OCH3 is 1. The van der Waals surface area contributed by atoms with Gasteiger partial charge in [0.2, 0.25) is 11.8 Å². The first kappa shape index (κ1) is 22.5. The van der Waals surface area contributed by atoms with E-state index < -0.39 is 17.5 Å². The zero-order chi connectivity index (χ0) is 22.2. The Kier molecular flexibility index (Phi) is 6.14. The number of halogens is 3. The number of benzene rings is 1. The third kappa shape index (κ3) is 4.19. The second-order valence-corrected chi connectivity index (χ2v) is 7.60. The maximum atomic E-state index is 14.6. The number of hydrogen-bond donors (Lipinski definition) is 2. The summed E-state index contributed by atoms with van der Waals surface area (Å²) >= 11 is 0. The molecule has 1 aliphatic rings. The van der Waals surface area contributed by atoms with Crippen molar-refractivity contribution < 1.29 is 17.9 Å². The van der Waals surface area contributed by atoms with Crippen LogP contribution in [-0.2, 0) is 0 Å². The third-order valence-electron chi connectivity index (χ3n) is 5.55. The van der Waals surface area contributed by atoms with Gasteiger partial charge in [-0.2, -0.15) is 4.98 Å². The molecule has 172 valence electrons. The van der Waals surface area contributed by atoms with Crippen molar-refractivity contribution in [3.05, 3.63) is 54.1 Å². The van der Waals surface area contributed by atoms with Crippen molar-refractivity contribution in [2.24, 2.45) is 0 Å². The molecule has 33 heavy (non-hydrogen) atoms. The van der Waals surface area contributed by atoms with Crippen LogP contribution in [0.25, 0.3) is 22.6 Å². The van der Waals surface area contributed by atoms with Crippen molar-refractivity contribution >= 4 is 22.8 Å². The number of hydrogen-bond acceptors (Lipinski definition) is 7. The van der Waals surface area contributed by atoms with Crippen LogP contribution in [0.2, 0.25) is 0 Å². The summed E-state index contributed by atoms with van der Waals surface area (Å²) in [5.41, 5.74) is 1.13. The van der Waals surface area contributed by atoms with Gasteiger partial charge in [0, 0.05) is 24.2 Å². The number of fused-ring (bicyclic) bond motifs is 1. The van der Waals surface area contributed by atoms with Crippen LogP contribution < -0.4 is 16.2 Å². The van der Waals surface area contributed by atoms with Crippen LogP contribution in [-0.4, -0.2) is 31.6 Å². The fourth-order valence-electron chi connectivity index (χ4n) is 4.10. The largest absolute Gasteiger partial charge is 0.481 e. The van der Waals surface area contributed by atoms with Crippen molar-refractivity contribution in [1.29, 1.82) is 0 Å². The Morgan fingerprint density at radius 2 is 1.73 bits per heavy atom. The van der Waals surface area contributed by atoms with Gasteiger partial charge in [0.15, 0.2) is 5.65 Å². The van der Waals surface area contributed by atoms with E-state index in [0.717, 1.165) is 25.7 Å². The van der Waals surface area contributed by atoms with Crippen LogP contribution in [0.4, 0.5) is 24.8 Å². The standard InChI is InChI=1S/C22H19F3N6O.H3N/c1-32-18-7-6-13(10-26-18)28-22-27-11-17-20(30-22)31(14-4-2-3-5-14)21(29-17)19-15(24)8-12(23)9-16(19)25;/h6-11,14H,2-5H2,1H3,(H,27,28,30);1H3. The molecule has 1 fully saturated rings. The van der Waals surface area contributed by atoms with E-state index in [1.807, 2.05) is 0 Å². The average molecular weight is 457 g/mol. The molecule has 0 unspecified atom stereocenters. The van der Waals surface area contributed by atoms with Gasteiger partial charge in [0.25, 0.3) is 0 Å². The summed E-state index contributed by atoms with van der Waals surface area (Å²) in [5.74, 6) is -2.15. The molecular weight excluding hydrogens is 435 g/mol. The number of ether oxygens (including phenoxy) is 1. The molecule has 0 radical (unpaired) electrons. The maximum absolute atomic E-state index is 14.6. The van der Waals surface area contributed by atoms with Crippen LogP contribution in [0.15, 0.2) is 36.7 Å². The molecule has 3 heterocycles. The second kappa shape index (κ2) is 9.02. The molecule has 0 amide bonds. The highest BCUT2D eigenvalue weighted by Gasteiger charge is 2.28. The molecule has 11 heteroatoms. The van der Waals surface area contributed by atoms with Crippen molar-refractivity contribution in [2.45, 2.75) is 31.7 Å². The molecule has 0 saturated heterocycles. The van der Waals surface area contributed by atoms with Crippen LogP contribution in [0.1, 0.15) is 31.7 Å². The second-order valence-electron chi connectivity index (χ2n) is 7.60. The highest BCUT2D eigenvalue weighted by atomic mass is 19.1. The molecule has 8 nitrogen and oxygen atoms in total. The SMILES string of the molecule is COc1ccc(Nc2ncc3nc(-c4c(F)cc(F)cc4F)n(C4CCCC4)c3n2)cn1.N.